The van der Waals surface area contributed by atoms with Gasteiger partial charge < -0.3 is 5.21 Å². The van der Waals surface area contributed by atoms with Gasteiger partial charge >= 0.3 is 0 Å². The van der Waals surface area contributed by atoms with Gasteiger partial charge in [0.25, 0.3) is 0 Å². The Labute approximate surface area is 102 Å². The Balaban J connectivity index is 1.80. The lowest BCUT2D eigenvalue weighted by Crippen LogP contribution is -2.21. The Morgan fingerprint density at radius 1 is 0.765 bits per heavy atom. The minimum atomic E-state index is 0.577. The van der Waals surface area contributed by atoms with Crippen molar-refractivity contribution in [2.24, 2.45) is 0 Å². The first-order valence-electron chi connectivity index (χ1n) is 5.86. The van der Waals surface area contributed by atoms with E-state index in [2.05, 4.69) is 12.1 Å². The van der Waals surface area contributed by atoms with Gasteiger partial charge in [0.2, 0.25) is 0 Å². The summed E-state index contributed by atoms with van der Waals surface area (Å²) in [5.74, 6) is 0. The lowest BCUT2D eigenvalue weighted by molar-refractivity contribution is -0.0982. The van der Waals surface area contributed by atoms with Gasteiger partial charge in [-0.1, -0.05) is 60.7 Å². The Morgan fingerprint density at radius 3 is 1.88 bits per heavy atom. The number of hydrogen-bond acceptors (Lipinski definition) is 2. The van der Waals surface area contributed by atoms with E-state index in [4.69, 9.17) is 0 Å². The summed E-state index contributed by atoms with van der Waals surface area (Å²) in [5.41, 5.74) is 2.38. The fourth-order valence-corrected chi connectivity index (χ4v) is 1.78. The zero-order valence-electron chi connectivity index (χ0n) is 9.79. The molecule has 2 nitrogen and oxygen atoms in total. The molecule has 17 heavy (non-hydrogen) atoms. The third-order valence-corrected chi connectivity index (χ3v) is 2.71. The maximum Gasteiger partial charge on any atom is 0.0488 e. The first kappa shape index (κ1) is 11.8. The molecule has 1 N–H and O–H groups in total. The molecule has 0 bridgehead atoms. The smallest absolute Gasteiger partial charge is 0.0488 e. The monoisotopic (exact) mass is 227 g/mol. The van der Waals surface area contributed by atoms with Crippen LogP contribution in [0, 0.1) is 0 Å². The molecule has 2 aromatic carbocycles. The third kappa shape index (κ3) is 4.02. The fourth-order valence-electron chi connectivity index (χ4n) is 1.78. The van der Waals surface area contributed by atoms with Gasteiger partial charge in [-0.05, 0) is 17.5 Å². The van der Waals surface area contributed by atoms with Crippen molar-refractivity contribution >= 4 is 0 Å². The number of nitrogens with zero attached hydrogens (tertiary/aromatic N) is 1. The van der Waals surface area contributed by atoms with E-state index in [1.54, 1.807) is 0 Å². The summed E-state index contributed by atoms with van der Waals surface area (Å²) in [6.07, 6.45) is 0.865. The van der Waals surface area contributed by atoms with Gasteiger partial charge in [-0.3, -0.25) is 0 Å². The number of rotatable bonds is 5. The van der Waals surface area contributed by atoms with E-state index in [-0.39, 0.29) is 0 Å². The van der Waals surface area contributed by atoms with Crippen LogP contribution in [0.4, 0.5) is 0 Å². The van der Waals surface area contributed by atoms with Crippen LogP contribution in [-0.2, 0) is 13.0 Å². The number of hydrogen-bond donors (Lipinski definition) is 1. The zero-order valence-corrected chi connectivity index (χ0v) is 9.79. The van der Waals surface area contributed by atoms with Gasteiger partial charge in [-0.2, -0.15) is 5.06 Å². The molecule has 0 amide bonds. The highest BCUT2D eigenvalue weighted by Crippen LogP contribution is 2.04. The van der Waals surface area contributed by atoms with Crippen LogP contribution in [0.1, 0.15) is 11.1 Å². The van der Waals surface area contributed by atoms with Gasteiger partial charge in [0.15, 0.2) is 0 Å². The molecule has 0 aromatic heterocycles. The van der Waals surface area contributed by atoms with Crippen LogP contribution in [0.5, 0.6) is 0 Å². The number of benzene rings is 2. The quantitative estimate of drug-likeness (QED) is 0.793. The van der Waals surface area contributed by atoms with Crippen LogP contribution in [-0.4, -0.2) is 16.8 Å². The summed E-state index contributed by atoms with van der Waals surface area (Å²) in [4.78, 5) is 0. The Morgan fingerprint density at radius 2 is 1.29 bits per heavy atom. The summed E-state index contributed by atoms with van der Waals surface area (Å²) in [6, 6.07) is 20.2. The SMILES string of the molecule is ON(CCc1ccccc1)Cc1ccccc1. The van der Waals surface area contributed by atoms with Crippen molar-refractivity contribution in [2.75, 3.05) is 6.54 Å². The lowest BCUT2D eigenvalue weighted by Gasteiger charge is -2.14. The van der Waals surface area contributed by atoms with Crippen LogP contribution in [0.2, 0.25) is 0 Å². The molecular weight excluding hydrogens is 210 g/mol. The van der Waals surface area contributed by atoms with Gasteiger partial charge in [0.1, 0.15) is 0 Å². The predicted molar refractivity (Wildman–Crippen MR) is 68.8 cm³/mol. The van der Waals surface area contributed by atoms with E-state index >= 15 is 0 Å². The topological polar surface area (TPSA) is 23.5 Å². The molecule has 0 saturated heterocycles. The molecule has 2 rings (SSSR count). The standard InChI is InChI=1S/C15H17NO/c17-16(13-15-9-5-2-6-10-15)12-11-14-7-3-1-4-8-14/h1-10,17H,11-13H2. The largest absolute Gasteiger partial charge is 0.314 e. The highest BCUT2D eigenvalue weighted by Gasteiger charge is 2.02. The summed E-state index contributed by atoms with van der Waals surface area (Å²) < 4.78 is 0. The first-order valence-corrected chi connectivity index (χ1v) is 5.86. The second-order valence-corrected chi connectivity index (χ2v) is 4.11. The van der Waals surface area contributed by atoms with Gasteiger partial charge in [0.05, 0.1) is 0 Å². The Bertz CT molecular complexity index is 427. The zero-order chi connectivity index (χ0) is 11.9. The van der Waals surface area contributed by atoms with Crippen molar-refractivity contribution in [3.63, 3.8) is 0 Å². The van der Waals surface area contributed by atoms with Crippen LogP contribution in [0.25, 0.3) is 0 Å². The molecule has 0 saturated carbocycles. The number of hydroxylamine groups is 2. The molecule has 0 aliphatic heterocycles. The molecular formula is C15H17NO. The fraction of sp³-hybridized carbons (Fsp3) is 0.200. The molecule has 0 unspecified atom stereocenters. The van der Waals surface area contributed by atoms with Crippen LogP contribution in [0.15, 0.2) is 60.7 Å². The maximum atomic E-state index is 9.80. The van der Waals surface area contributed by atoms with Gasteiger partial charge in [-0.15, -0.1) is 0 Å². The van der Waals surface area contributed by atoms with Crippen LogP contribution < -0.4 is 0 Å². The van der Waals surface area contributed by atoms with Crippen molar-refractivity contribution < 1.29 is 5.21 Å². The van der Waals surface area contributed by atoms with Crippen LogP contribution >= 0.6 is 0 Å². The van der Waals surface area contributed by atoms with Crippen molar-refractivity contribution in [3.8, 4) is 0 Å². The third-order valence-electron chi connectivity index (χ3n) is 2.71. The molecule has 0 aliphatic carbocycles. The molecule has 0 fully saturated rings. The van der Waals surface area contributed by atoms with Gasteiger partial charge in [0, 0.05) is 13.1 Å². The molecule has 88 valence electrons. The molecule has 0 aliphatic rings. The Kier molecular flexibility index (Phi) is 4.30. The second kappa shape index (κ2) is 6.18. The van der Waals surface area contributed by atoms with Gasteiger partial charge in [-0.25, -0.2) is 0 Å². The van der Waals surface area contributed by atoms with E-state index < -0.39 is 0 Å². The normalized spacial score (nSPS) is 10.7. The second-order valence-electron chi connectivity index (χ2n) is 4.11. The molecule has 2 aromatic rings. The van der Waals surface area contributed by atoms with Crippen molar-refractivity contribution in [2.45, 2.75) is 13.0 Å². The molecule has 0 atom stereocenters. The highest BCUT2D eigenvalue weighted by atomic mass is 16.5. The van der Waals surface area contributed by atoms with E-state index in [1.165, 1.54) is 10.6 Å². The summed E-state index contributed by atoms with van der Waals surface area (Å²) in [6.45, 7) is 1.23. The average molecular weight is 227 g/mol. The lowest BCUT2D eigenvalue weighted by atomic mass is 10.1. The van der Waals surface area contributed by atoms with E-state index in [0.717, 1.165) is 12.0 Å². The first-order chi connectivity index (χ1) is 8.34. The minimum Gasteiger partial charge on any atom is -0.314 e. The Hall–Kier alpha value is -1.64. The molecule has 0 radical (unpaired) electrons. The van der Waals surface area contributed by atoms with E-state index in [9.17, 15) is 5.21 Å². The van der Waals surface area contributed by atoms with Crippen molar-refractivity contribution in [3.05, 3.63) is 71.8 Å². The summed E-state index contributed by atoms with van der Waals surface area (Å²) in [5, 5.41) is 11.2. The summed E-state index contributed by atoms with van der Waals surface area (Å²) in [7, 11) is 0. The molecule has 0 heterocycles. The average Bonchev–Trinajstić information content (AvgIpc) is 2.39. The van der Waals surface area contributed by atoms with Crippen molar-refractivity contribution in [1.82, 2.24) is 5.06 Å². The predicted octanol–water partition coefficient (Wildman–Crippen LogP) is 3.12. The van der Waals surface area contributed by atoms with Crippen molar-refractivity contribution in [1.29, 1.82) is 0 Å². The van der Waals surface area contributed by atoms with E-state index in [1.807, 2.05) is 48.5 Å². The minimum absolute atomic E-state index is 0.577. The molecule has 0 spiro atoms. The molecule has 2 heteroatoms. The summed E-state index contributed by atoms with van der Waals surface area (Å²) >= 11 is 0. The van der Waals surface area contributed by atoms with Crippen LogP contribution in [0.3, 0.4) is 0 Å². The maximum absolute atomic E-state index is 9.80. The van der Waals surface area contributed by atoms with E-state index in [0.29, 0.717) is 13.1 Å². The highest BCUT2D eigenvalue weighted by molar-refractivity contribution is 5.16.